The Morgan fingerprint density at radius 3 is 1.74 bits per heavy atom. The number of benzene rings is 2. The maximum atomic E-state index is 13.3. The van der Waals surface area contributed by atoms with E-state index in [0.29, 0.717) is 5.56 Å². The average molecular weight is 634 g/mol. The Hall–Kier alpha value is -5.70. The number of aliphatic carboxylic acids is 2. The lowest BCUT2D eigenvalue weighted by atomic mass is 10.0. The zero-order chi connectivity index (χ0) is 33.4. The summed E-state index contributed by atoms with van der Waals surface area (Å²) in [7, 11) is 0. The van der Waals surface area contributed by atoms with Crippen LogP contribution in [-0.2, 0) is 41.6 Å². The molecule has 15 nitrogen and oxygen atoms in total. The zero-order valence-electron chi connectivity index (χ0n) is 24.6. The number of carboxylic acid groups (broad SMARTS) is 2. The summed E-state index contributed by atoms with van der Waals surface area (Å²) in [6.07, 6.45) is 1.73. The van der Waals surface area contributed by atoms with Crippen molar-refractivity contribution in [1.29, 1.82) is 0 Å². The van der Waals surface area contributed by atoms with Gasteiger partial charge < -0.3 is 47.6 Å². The van der Waals surface area contributed by atoms with Gasteiger partial charge in [-0.2, -0.15) is 0 Å². The molecule has 2 aromatic heterocycles. The highest BCUT2D eigenvalue weighted by Crippen LogP contribution is 2.20. The van der Waals surface area contributed by atoms with Gasteiger partial charge in [0, 0.05) is 47.0 Å². The van der Waals surface area contributed by atoms with Crippen molar-refractivity contribution in [3.63, 3.8) is 0 Å². The Morgan fingerprint density at radius 2 is 1.20 bits per heavy atom. The molecule has 0 fully saturated rings. The Balaban J connectivity index is 1.46. The molecule has 4 rings (SSSR count). The van der Waals surface area contributed by atoms with Crippen LogP contribution in [0.4, 0.5) is 0 Å². The van der Waals surface area contributed by atoms with Gasteiger partial charge in [0.15, 0.2) is 0 Å². The van der Waals surface area contributed by atoms with E-state index in [2.05, 4.69) is 25.9 Å². The summed E-state index contributed by atoms with van der Waals surface area (Å²) < 4.78 is 0. The fraction of sp³-hybridized carbons (Fsp3) is 0.290. The molecule has 46 heavy (non-hydrogen) atoms. The van der Waals surface area contributed by atoms with E-state index >= 15 is 0 Å². The third-order valence-corrected chi connectivity index (χ3v) is 7.48. The molecule has 0 aliphatic rings. The van der Waals surface area contributed by atoms with Crippen LogP contribution in [0.15, 0.2) is 60.9 Å². The Kier molecular flexibility index (Phi) is 10.7. The molecular weight excluding hydrogens is 598 g/mol. The predicted molar refractivity (Wildman–Crippen MR) is 166 cm³/mol. The number of para-hydroxylation sites is 2. The number of aromatic amines is 2. The van der Waals surface area contributed by atoms with Crippen LogP contribution in [0.3, 0.4) is 0 Å². The van der Waals surface area contributed by atoms with Crippen LogP contribution in [0, 0.1) is 0 Å². The summed E-state index contributed by atoms with van der Waals surface area (Å²) in [5, 5.41) is 27.7. The van der Waals surface area contributed by atoms with Crippen LogP contribution in [0.1, 0.15) is 30.4 Å². The fourth-order valence-electron chi connectivity index (χ4n) is 5.12. The molecule has 11 N–H and O–H groups in total. The van der Waals surface area contributed by atoms with Gasteiger partial charge in [0.25, 0.3) is 0 Å². The van der Waals surface area contributed by atoms with Gasteiger partial charge >= 0.3 is 11.9 Å². The van der Waals surface area contributed by atoms with Gasteiger partial charge in [0.2, 0.25) is 23.6 Å². The molecule has 0 saturated heterocycles. The summed E-state index contributed by atoms with van der Waals surface area (Å²) in [4.78, 5) is 80.9. The summed E-state index contributed by atoms with van der Waals surface area (Å²) in [6, 6.07) is 8.92. The second kappa shape index (κ2) is 14.9. The number of hydrogen-bond acceptors (Lipinski definition) is 7. The molecule has 4 amide bonds. The van der Waals surface area contributed by atoms with E-state index in [1.807, 2.05) is 24.3 Å². The second-order valence-electron chi connectivity index (χ2n) is 10.9. The molecule has 0 bridgehead atoms. The number of hydrogen-bond donors (Lipinski definition) is 9. The van der Waals surface area contributed by atoms with E-state index in [1.165, 1.54) is 0 Å². The maximum absolute atomic E-state index is 13.3. The molecule has 4 aromatic rings. The Labute approximate surface area is 262 Å². The monoisotopic (exact) mass is 633 g/mol. The third kappa shape index (κ3) is 8.47. The lowest BCUT2D eigenvalue weighted by Crippen LogP contribution is -2.58. The Morgan fingerprint density at radius 1 is 0.696 bits per heavy atom. The fourth-order valence-corrected chi connectivity index (χ4v) is 5.12. The first-order valence-electron chi connectivity index (χ1n) is 14.4. The van der Waals surface area contributed by atoms with Crippen molar-refractivity contribution in [2.24, 2.45) is 11.5 Å². The highest BCUT2D eigenvalue weighted by atomic mass is 16.4. The summed E-state index contributed by atoms with van der Waals surface area (Å²) in [5.41, 5.74) is 14.4. The number of aromatic nitrogens is 2. The summed E-state index contributed by atoms with van der Waals surface area (Å²) >= 11 is 0. The largest absolute Gasteiger partial charge is 0.481 e. The van der Waals surface area contributed by atoms with Crippen LogP contribution in [-0.4, -0.2) is 79.9 Å². The number of nitrogens with one attached hydrogen (secondary N) is 5. The van der Waals surface area contributed by atoms with Gasteiger partial charge in [-0.05, 0) is 36.1 Å². The minimum atomic E-state index is -1.63. The van der Waals surface area contributed by atoms with E-state index in [9.17, 15) is 39.0 Å². The van der Waals surface area contributed by atoms with Crippen molar-refractivity contribution in [2.45, 2.75) is 56.3 Å². The number of primary amides is 1. The molecule has 0 aliphatic heterocycles. The number of fused-ring (bicyclic) bond motifs is 2. The van der Waals surface area contributed by atoms with Gasteiger partial charge in [-0.15, -0.1) is 0 Å². The molecular formula is C31H35N7O8. The van der Waals surface area contributed by atoms with Gasteiger partial charge in [0.1, 0.15) is 18.1 Å². The highest BCUT2D eigenvalue weighted by molar-refractivity contribution is 5.96. The number of carbonyl (C=O) groups excluding carboxylic acids is 4. The SMILES string of the molecule is NC(=O)CC(NC(=O)C(CCC(=O)O)NC(=O)C(N)Cc1c[nH]c2ccccc12)C(=O)NC(Cc1c[nH]c2ccccc12)C(=O)O. The number of carbonyl (C=O) groups is 6. The Bertz CT molecular complexity index is 1760. The van der Waals surface area contributed by atoms with Crippen LogP contribution < -0.4 is 27.4 Å². The lowest BCUT2D eigenvalue weighted by molar-refractivity contribution is -0.142. The minimum absolute atomic E-state index is 0.100. The second-order valence-corrected chi connectivity index (χ2v) is 10.9. The molecule has 0 radical (unpaired) electrons. The molecule has 242 valence electrons. The number of carboxylic acids is 2. The van der Waals surface area contributed by atoms with E-state index in [0.717, 1.165) is 27.4 Å². The molecule has 4 unspecified atom stereocenters. The van der Waals surface area contributed by atoms with E-state index in [1.54, 1.807) is 36.7 Å². The normalized spacial score (nSPS) is 13.8. The first kappa shape index (κ1) is 33.2. The predicted octanol–water partition coefficient (Wildman–Crippen LogP) is 0.0409. The van der Waals surface area contributed by atoms with Gasteiger partial charge in [-0.25, -0.2) is 4.79 Å². The number of rotatable bonds is 16. The number of nitrogens with two attached hydrogens (primary N) is 2. The van der Waals surface area contributed by atoms with Crippen LogP contribution >= 0.6 is 0 Å². The quantitative estimate of drug-likeness (QED) is 0.0805. The third-order valence-electron chi connectivity index (χ3n) is 7.48. The lowest BCUT2D eigenvalue weighted by Gasteiger charge is -2.24. The van der Waals surface area contributed by atoms with Crippen molar-refractivity contribution >= 4 is 57.4 Å². The molecule has 0 saturated carbocycles. The van der Waals surface area contributed by atoms with Crippen molar-refractivity contribution in [3.05, 3.63) is 72.1 Å². The first-order chi connectivity index (χ1) is 21.9. The summed E-state index contributed by atoms with van der Waals surface area (Å²) in [6.45, 7) is 0. The number of amides is 4. The van der Waals surface area contributed by atoms with E-state index in [-0.39, 0.29) is 19.3 Å². The van der Waals surface area contributed by atoms with Crippen molar-refractivity contribution in [1.82, 2.24) is 25.9 Å². The van der Waals surface area contributed by atoms with Gasteiger partial charge in [0.05, 0.1) is 12.5 Å². The maximum Gasteiger partial charge on any atom is 0.326 e. The van der Waals surface area contributed by atoms with E-state index < -0.39 is 72.6 Å². The first-order valence-corrected chi connectivity index (χ1v) is 14.4. The average Bonchev–Trinajstić information content (AvgIpc) is 3.62. The van der Waals surface area contributed by atoms with Crippen LogP contribution in [0.25, 0.3) is 21.8 Å². The molecule has 15 heteroatoms. The van der Waals surface area contributed by atoms with Gasteiger partial charge in [-0.3, -0.25) is 24.0 Å². The molecule has 2 heterocycles. The van der Waals surface area contributed by atoms with E-state index in [4.69, 9.17) is 11.5 Å². The zero-order valence-corrected chi connectivity index (χ0v) is 24.6. The summed E-state index contributed by atoms with van der Waals surface area (Å²) in [5.74, 6) is -6.34. The number of H-pyrrole nitrogens is 2. The van der Waals surface area contributed by atoms with Gasteiger partial charge in [-0.1, -0.05) is 36.4 Å². The van der Waals surface area contributed by atoms with Crippen molar-refractivity contribution in [3.8, 4) is 0 Å². The van der Waals surface area contributed by atoms with Crippen LogP contribution in [0.2, 0.25) is 0 Å². The topological polar surface area (TPSA) is 263 Å². The molecule has 0 spiro atoms. The smallest absolute Gasteiger partial charge is 0.326 e. The van der Waals surface area contributed by atoms with Crippen molar-refractivity contribution < 1.29 is 39.0 Å². The standard InChI is InChI=1S/C31H35N7O8/c32-20(11-16-14-34-21-7-3-1-5-18(16)21)28(42)36-23(9-10-27(40)41)29(43)37-24(13-26(33)39)30(44)38-25(31(45)46)12-17-15-35-22-8-4-2-6-19(17)22/h1-8,14-15,20,23-25,34-35H,9-13,32H2,(H2,33,39)(H,36,42)(H,37,43)(H,38,44)(H,40,41)(H,45,46). The minimum Gasteiger partial charge on any atom is -0.481 e. The molecule has 0 aliphatic carbocycles. The molecule has 2 aromatic carbocycles. The highest BCUT2D eigenvalue weighted by Gasteiger charge is 2.32. The molecule has 4 atom stereocenters. The van der Waals surface area contributed by atoms with Crippen LogP contribution in [0.5, 0.6) is 0 Å². The van der Waals surface area contributed by atoms with Crippen molar-refractivity contribution in [2.75, 3.05) is 0 Å².